The Morgan fingerprint density at radius 3 is 3.00 bits per heavy atom. The molecule has 1 aromatic heterocycles. The Kier molecular flexibility index (Phi) is 4.15. The van der Waals surface area contributed by atoms with Gasteiger partial charge in [0.2, 0.25) is 0 Å². The Morgan fingerprint density at radius 1 is 1.53 bits per heavy atom. The summed E-state index contributed by atoms with van der Waals surface area (Å²) in [5.74, 6) is 0.521. The van der Waals surface area contributed by atoms with Crippen LogP contribution in [0.15, 0.2) is 30.6 Å². The number of nitrogens with zero attached hydrogens (tertiary/aromatic N) is 1. The van der Waals surface area contributed by atoms with Crippen LogP contribution in [0.3, 0.4) is 0 Å². The largest absolute Gasteiger partial charge is 0.494 e. The standard InChI is InChI=1S/C13H16N4O2/c1-2-19-12-4-3-11(5-9(12)6-14)17-13(18)10-7-15-16-8-10/h3-5,7-8H,2,6,14H2,1H3,(H,15,16)(H,17,18). The lowest BCUT2D eigenvalue weighted by molar-refractivity contribution is 0.102. The predicted octanol–water partition coefficient (Wildman–Crippen LogP) is 1.52. The van der Waals surface area contributed by atoms with Gasteiger partial charge in [0.05, 0.1) is 18.4 Å². The van der Waals surface area contributed by atoms with E-state index in [1.54, 1.807) is 12.1 Å². The van der Waals surface area contributed by atoms with E-state index in [4.69, 9.17) is 10.5 Å². The zero-order valence-corrected chi connectivity index (χ0v) is 10.6. The normalized spacial score (nSPS) is 10.2. The van der Waals surface area contributed by atoms with E-state index >= 15 is 0 Å². The predicted molar refractivity (Wildman–Crippen MR) is 72.0 cm³/mol. The van der Waals surface area contributed by atoms with E-state index in [9.17, 15) is 4.79 Å². The van der Waals surface area contributed by atoms with Crippen molar-refractivity contribution in [3.63, 3.8) is 0 Å². The fourth-order valence-corrected chi connectivity index (χ4v) is 1.69. The molecule has 0 unspecified atom stereocenters. The number of nitrogens with one attached hydrogen (secondary N) is 2. The minimum Gasteiger partial charge on any atom is -0.494 e. The minimum atomic E-state index is -0.221. The van der Waals surface area contributed by atoms with Crippen molar-refractivity contribution in [1.82, 2.24) is 10.2 Å². The maximum Gasteiger partial charge on any atom is 0.258 e. The fourth-order valence-electron chi connectivity index (χ4n) is 1.69. The minimum absolute atomic E-state index is 0.221. The number of hydrogen-bond acceptors (Lipinski definition) is 4. The van der Waals surface area contributed by atoms with Gasteiger partial charge in [-0.25, -0.2) is 0 Å². The maximum atomic E-state index is 11.9. The van der Waals surface area contributed by atoms with Crippen LogP contribution in [0.5, 0.6) is 5.75 Å². The number of rotatable bonds is 5. The van der Waals surface area contributed by atoms with Gasteiger partial charge in [-0.2, -0.15) is 5.10 Å². The third kappa shape index (κ3) is 3.11. The molecule has 1 amide bonds. The van der Waals surface area contributed by atoms with Gasteiger partial charge in [-0.05, 0) is 25.1 Å². The van der Waals surface area contributed by atoms with Gasteiger partial charge in [0.15, 0.2) is 0 Å². The Labute approximate surface area is 111 Å². The molecule has 100 valence electrons. The Bertz CT molecular complexity index is 552. The van der Waals surface area contributed by atoms with Crippen LogP contribution in [0.25, 0.3) is 0 Å². The molecule has 0 saturated carbocycles. The van der Waals surface area contributed by atoms with E-state index in [1.165, 1.54) is 12.4 Å². The van der Waals surface area contributed by atoms with Crippen molar-refractivity contribution in [2.45, 2.75) is 13.5 Å². The molecule has 0 aliphatic heterocycles. The van der Waals surface area contributed by atoms with Crippen LogP contribution >= 0.6 is 0 Å². The summed E-state index contributed by atoms with van der Waals surface area (Å²) in [6.07, 6.45) is 3.00. The van der Waals surface area contributed by atoms with Crippen molar-refractivity contribution < 1.29 is 9.53 Å². The van der Waals surface area contributed by atoms with Crippen molar-refractivity contribution in [1.29, 1.82) is 0 Å². The number of H-pyrrole nitrogens is 1. The zero-order chi connectivity index (χ0) is 13.7. The lowest BCUT2D eigenvalue weighted by atomic mass is 10.1. The summed E-state index contributed by atoms with van der Waals surface area (Å²) in [6.45, 7) is 2.84. The lowest BCUT2D eigenvalue weighted by Gasteiger charge is -2.11. The Morgan fingerprint density at radius 2 is 2.37 bits per heavy atom. The van der Waals surface area contributed by atoms with E-state index < -0.39 is 0 Å². The van der Waals surface area contributed by atoms with Crippen molar-refractivity contribution in [3.8, 4) is 5.75 Å². The van der Waals surface area contributed by atoms with Crippen LogP contribution in [0.1, 0.15) is 22.8 Å². The molecule has 2 aromatic rings. The van der Waals surface area contributed by atoms with Gasteiger partial charge < -0.3 is 15.8 Å². The highest BCUT2D eigenvalue weighted by molar-refractivity contribution is 6.03. The van der Waals surface area contributed by atoms with Crippen LogP contribution in [0.4, 0.5) is 5.69 Å². The number of amides is 1. The Balaban J connectivity index is 2.15. The zero-order valence-electron chi connectivity index (χ0n) is 10.6. The molecule has 0 radical (unpaired) electrons. The van der Waals surface area contributed by atoms with Crippen molar-refractivity contribution in [2.75, 3.05) is 11.9 Å². The second kappa shape index (κ2) is 6.01. The second-order valence-electron chi connectivity index (χ2n) is 3.90. The van der Waals surface area contributed by atoms with E-state index in [2.05, 4.69) is 15.5 Å². The first-order valence-corrected chi connectivity index (χ1v) is 6.00. The molecule has 0 aliphatic rings. The molecule has 6 nitrogen and oxygen atoms in total. The molecule has 2 rings (SSSR count). The molecule has 0 aliphatic carbocycles. The summed E-state index contributed by atoms with van der Waals surface area (Å²) in [6, 6.07) is 5.39. The van der Waals surface area contributed by atoms with Gasteiger partial charge in [-0.15, -0.1) is 0 Å². The molecule has 6 heteroatoms. The summed E-state index contributed by atoms with van der Waals surface area (Å²) in [5.41, 5.74) is 7.67. The first-order chi connectivity index (χ1) is 9.24. The molecule has 19 heavy (non-hydrogen) atoms. The molecule has 1 heterocycles. The summed E-state index contributed by atoms with van der Waals surface area (Å²) in [7, 11) is 0. The first-order valence-electron chi connectivity index (χ1n) is 6.00. The van der Waals surface area contributed by atoms with Crippen LogP contribution < -0.4 is 15.8 Å². The summed E-state index contributed by atoms with van der Waals surface area (Å²) >= 11 is 0. The maximum absolute atomic E-state index is 11.9. The van der Waals surface area contributed by atoms with Crippen LogP contribution in [-0.4, -0.2) is 22.7 Å². The number of aromatic nitrogens is 2. The number of benzene rings is 1. The van der Waals surface area contributed by atoms with E-state index in [1.807, 2.05) is 13.0 Å². The number of carbonyl (C=O) groups is 1. The van der Waals surface area contributed by atoms with Crippen molar-refractivity contribution >= 4 is 11.6 Å². The summed E-state index contributed by atoms with van der Waals surface area (Å²) < 4.78 is 5.45. The summed E-state index contributed by atoms with van der Waals surface area (Å²) in [4.78, 5) is 11.9. The summed E-state index contributed by atoms with van der Waals surface area (Å²) in [5, 5.41) is 9.10. The third-order valence-electron chi connectivity index (χ3n) is 2.60. The van der Waals surface area contributed by atoms with E-state index in [0.717, 1.165) is 11.3 Å². The third-order valence-corrected chi connectivity index (χ3v) is 2.60. The highest BCUT2D eigenvalue weighted by Crippen LogP contribution is 2.22. The first kappa shape index (κ1) is 13.1. The van der Waals surface area contributed by atoms with Gasteiger partial charge in [0.1, 0.15) is 5.75 Å². The van der Waals surface area contributed by atoms with Gasteiger partial charge in [0.25, 0.3) is 5.91 Å². The number of carbonyl (C=O) groups excluding carboxylic acids is 1. The topological polar surface area (TPSA) is 93.0 Å². The smallest absolute Gasteiger partial charge is 0.258 e. The van der Waals surface area contributed by atoms with E-state index in [-0.39, 0.29) is 5.91 Å². The molecule has 0 saturated heterocycles. The van der Waals surface area contributed by atoms with Gasteiger partial charge in [0, 0.05) is 24.0 Å². The van der Waals surface area contributed by atoms with Crippen molar-refractivity contribution in [2.24, 2.45) is 5.73 Å². The van der Waals surface area contributed by atoms with Crippen LogP contribution in [0.2, 0.25) is 0 Å². The monoisotopic (exact) mass is 260 g/mol. The average molecular weight is 260 g/mol. The van der Waals surface area contributed by atoms with Crippen LogP contribution in [0, 0.1) is 0 Å². The number of hydrogen-bond donors (Lipinski definition) is 3. The molecule has 0 bridgehead atoms. The molecular formula is C13H16N4O2. The Hall–Kier alpha value is -2.34. The molecule has 4 N–H and O–H groups in total. The highest BCUT2D eigenvalue weighted by atomic mass is 16.5. The van der Waals surface area contributed by atoms with Crippen LogP contribution in [-0.2, 0) is 6.54 Å². The van der Waals surface area contributed by atoms with Gasteiger partial charge >= 0.3 is 0 Å². The molecule has 0 fully saturated rings. The van der Waals surface area contributed by atoms with E-state index in [0.29, 0.717) is 24.4 Å². The number of anilines is 1. The number of aromatic amines is 1. The molecule has 0 atom stereocenters. The quantitative estimate of drug-likeness (QED) is 0.759. The van der Waals surface area contributed by atoms with Gasteiger partial charge in [-0.3, -0.25) is 9.89 Å². The molecule has 1 aromatic carbocycles. The molecule has 0 spiro atoms. The van der Waals surface area contributed by atoms with Gasteiger partial charge in [-0.1, -0.05) is 0 Å². The number of nitrogens with two attached hydrogens (primary N) is 1. The SMILES string of the molecule is CCOc1ccc(NC(=O)c2cn[nH]c2)cc1CN. The van der Waals surface area contributed by atoms with Crippen molar-refractivity contribution in [3.05, 3.63) is 41.7 Å². The number of ether oxygens (including phenoxy) is 1. The average Bonchev–Trinajstić information content (AvgIpc) is 2.94. The molecular weight excluding hydrogens is 244 g/mol. The second-order valence-corrected chi connectivity index (χ2v) is 3.90. The lowest BCUT2D eigenvalue weighted by Crippen LogP contribution is -2.12. The fraction of sp³-hybridized carbons (Fsp3) is 0.231. The highest BCUT2D eigenvalue weighted by Gasteiger charge is 2.09.